The lowest BCUT2D eigenvalue weighted by Crippen LogP contribution is -2.54. The zero-order valence-corrected chi connectivity index (χ0v) is 15.9. The number of quaternary nitrogens is 1. The van der Waals surface area contributed by atoms with E-state index in [0.717, 1.165) is 19.3 Å². The van der Waals surface area contributed by atoms with E-state index in [-0.39, 0.29) is 6.54 Å². The molecule has 140 valence electrons. The van der Waals surface area contributed by atoms with Gasteiger partial charge in [0.15, 0.2) is 11.4 Å². The van der Waals surface area contributed by atoms with E-state index in [0.29, 0.717) is 4.48 Å². The van der Waals surface area contributed by atoms with Gasteiger partial charge in [0, 0.05) is 0 Å². The fourth-order valence-electron chi connectivity index (χ4n) is 2.82. The number of nitrogens with zero attached hydrogens (tertiary/aromatic N) is 1. The third-order valence-corrected chi connectivity index (χ3v) is 3.88. The second kappa shape index (κ2) is 11.4. The van der Waals surface area contributed by atoms with Gasteiger partial charge in [-0.15, -0.1) is 0 Å². The number of hydrogen-bond donors (Lipinski definition) is 2. The van der Waals surface area contributed by atoms with E-state index in [1.54, 1.807) is 6.08 Å². The van der Waals surface area contributed by atoms with E-state index < -0.39 is 23.8 Å². The third-order valence-electron chi connectivity index (χ3n) is 3.88. The van der Waals surface area contributed by atoms with Crippen LogP contribution in [0.15, 0.2) is 12.2 Å². The monoisotopic (exact) mass is 342 g/mol. The zero-order valence-electron chi connectivity index (χ0n) is 15.9. The van der Waals surface area contributed by atoms with Gasteiger partial charge in [0.2, 0.25) is 0 Å². The Morgan fingerprint density at radius 2 is 1.54 bits per heavy atom. The van der Waals surface area contributed by atoms with Crippen LogP contribution in [0.25, 0.3) is 0 Å². The molecule has 0 amide bonds. The van der Waals surface area contributed by atoms with Gasteiger partial charge in [-0.3, -0.25) is 9.59 Å². The van der Waals surface area contributed by atoms with Crippen molar-refractivity contribution in [2.75, 3.05) is 27.7 Å². The Balaban J connectivity index is 4.33. The Labute approximate surface area is 146 Å². The van der Waals surface area contributed by atoms with E-state index in [1.165, 1.54) is 38.2 Å². The number of allylic oxidation sites excluding steroid dienone is 1. The highest BCUT2D eigenvalue weighted by molar-refractivity contribution is 5.99. The van der Waals surface area contributed by atoms with Crippen LogP contribution in [0.5, 0.6) is 0 Å². The molecule has 5 heteroatoms. The first kappa shape index (κ1) is 22.8. The van der Waals surface area contributed by atoms with Crippen LogP contribution in [0.3, 0.4) is 0 Å². The topological polar surface area (TPSA) is 74.6 Å². The summed E-state index contributed by atoms with van der Waals surface area (Å²) in [5, 5.41) is 19.5. The van der Waals surface area contributed by atoms with Crippen molar-refractivity contribution >= 4 is 11.8 Å². The van der Waals surface area contributed by atoms with Crippen LogP contribution in [0.4, 0.5) is 0 Å². The molecule has 0 aliphatic rings. The SMILES string of the molecule is CCCCCCCCC/C=C/C(=O)C(O)(CC(=O)O)C[N+](C)(C)C. The zero-order chi connectivity index (χ0) is 18.6. The number of hydrogen-bond acceptors (Lipinski definition) is 3. The minimum atomic E-state index is -1.85. The predicted octanol–water partition coefficient (Wildman–Crippen LogP) is 3.16. The molecule has 0 bridgehead atoms. The van der Waals surface area contributed by atoms with Crippen molar-refractivity contribution in [3.8, 4) is 0 Å². The first-order valence-electron chi connectivity index (χ1n) is 9.06. The van der Waals surface area contributed by atoms with Crippen LogP contribution in [0.2, 0.25) is 0 Å². The molecular weight excluding hydrogens is 306 g/mol. The molecule has 0 aliphatic heterocycles. The Bertz CT molecular complexity index is 412. The molecule has 1 unspecified atom stereocenters. The van der Waals surface area contributed by atoms with E-state index in [9.17, 15) is 14.7 Å². The molecule has 24 heavy (non-hydrogen) atoms. The maximum Gasteiger partial charge on any atom is 0.307 e. The maximum atomic E-state index is 12.3. The molecule has 1 atom stereocenters. The van der Waals surface area contributed by atoms with Crippen molar-refractivity contribution in [3.63, 3.8) is 0 Å². The van der Waals surface area contributed by atoms with Gasteiger partial charge >= 0.3 is 5.97 Å². The second-order valence-electron chi connectivity index (χ2n) is 7.73. The lowest BCUT2D eigenvalue weighted by Gasteiger charge is -2.33. The van der Waals surface area contributed by atoms with Crippen molar-refractivity contribution < 1.29 is 24.3 Å². The van der Waals surface area contributed by atoms with Gasteiger partial charge in [-0.25, -0.2) is 0 Å². The number of carbonyl (C=O) groups is 2. The van der Waals surface area contributed by atoms with Crippen molar-refractivity contribution in [1.29, 1.82) is 0 Å². The fourth-order valence-corrected chi connectivity index (χ4v) is 2.82. The van der Waals surface area contributed by atoms with Gasteiger partial charge < -0.3 is 14.7 Å². The van der Waals surface area contributed by atoms with Gasteiger partial charge in [-0.2, -0.15) is 0 Å². The van der Waals surface area contributed by atoms with E-state index in [2.05, 4.69) is 6.92 Å². The second-order valence-corrected chi connectivity index (χ2v) is 7.73. The molecule has 0 aromatic rings. The summed E-state index contributed by atoms with van der Waals surface area (Å²) in [5.41, 5.74) is -1.85. The summed E-state index contributed by atoms with van der Waals surface area (Å²) in [6.07, 6.45) is 11.8. The number of aliphatic carboxylic acids is 1. The summed E-state index contributed by atoms with van der Waals surface area (Å²) >= 11 is 0. The summed E-state index contributed by atoms with van der Waals surface area (Å²) in [5.74, 6) is -1.68. The first-order chi connectivity index (χ1) is 11.1. The molecular formula is C19H36NO4+. The Morgan fingerprint density at radius 1 is 1.00 bits per heavy atom. The smallest absolute Gasteiger partial charge is 0.307 e. The number of carboxylic acid groups (broad SMARTS) is 1. The molecule has 0 fully saturated rings. The van der Waals surface area contributed by atoms with Crippen LogP contribution in [-0.4, -0.2) is 59.7 Å². The van der Waals surface area contributed by atoms with E-state index in [1.807, 2.05) is 21.1 Å². The molecule has 5 nitrogen and oxygen atoms in total. The number of carboxylic acids is 1. The lowest BCUT2D eigenvalue weighted by molar-refractivity contribution is -0.875. The van der Waals surface area contributed by atoms with Crippen molar-refractivity contribution in [2.45, 2.75) is 70.3 Å². The number of likely N-dealkylation sites (N-methyl/N-ethyl adjacent to an activating group) is 1. The predicted molar refractivity (Wildman–Crippen MR) is 96.9 cm³/mol. The quantitative estimate of drug-likeness (QED) is 0.289. The average molecular weight is 343 g/mol. The highest BCUT2D eigenvalue weighted by Crippen LogP contribution is 2.17. The summed E-state index contributed by atoms with van der Waals surface area (Å²) < 4.78 is 0.321. The molecule has 0 saturated carbocycles. The van der Waals surface area contributed by atoms with Gasteiger partial charge in [0.1, 0.15) is 6.54 Å². The maximum absolute atomic E-state index is 12.3. The minimum absolute atomic E-state index is 0.0693. The lowest BCUT2D eigenvalue weighted by atomic mass is 9.92. The highest BCUT2D eigenvalue weighted by Gasteiger charge is 2.41. The number of aliphatic hydroxyl groups is 1. The Hall–Kier alpha value is -1.20. The Kier molecular flexibility index (Phi) is 10.8. The molecule has 0 aromatic heterocycles. The van der Waals surface area contributed by atoms with Gasteiger partial charge in [0.05, 0.1) is 27.6 Å². The van der Waals surface area contributed by atoms with Gasteiger partial charge in [-0.05, 0) is 18.9 Å². The van der Waals surface area contributed by atoms with Gasteiger partial charge in [0.25, 0.3) is 0 Å². The van der Waals surface area contributed by atoms with Crippen LogP contribution in [0.1, 0.15) is 64.7 Å². The molecule has 0 radical (unpaired) electrons. The molecule has 0 aromatic carbocycles. The van der Waals surface area contributed by atoms with Crippen molar-refractivity contribution in [1.82, 2.24) is 0 Å². The standard InChI is InChI=1S/C19H35NO4/c1-5-6-7-8-9-10-11-12-13-14-17(21)19(24,15-18(22)23)16-20(2,3)4/h13-14,24H,5-12,15-16H2,1-4H3/p+1/b14-13+. The normalized spacial score (nSPS) is 14.7. The Morgan fingerprint density at radius 3 is 2.04 bits per heavy atom. The summed E-state index contributed by atoms with van der Waals surface area (Å²) in [7, 11) is 5.47. The molecule has 0 heterocycles. The fraction of sp³-hybridized carbons (Fsp3) is 0.789. The number of unbranched alkanes of at least 4 members (excludes halogenated alkanes) is 7. The number of rotatable bonds is 14. The average Bonchev–Trinajstić information content (AvgIpc) is 2.42. The van der Waals surface area contributed by atoms with Crippen molar-refractivity contribution in [2.24, 2.45) is 0 Å². The molecule has 0 aliphatic carbocycles. The number of carbonyl (C=O) groups excluding carboxylic acids is 1. The van der Waals surface area contributed by atoms with Crippen LogP contribution >= 0.6 is 0 Å². The molecule has 2 N–H and O–H groups in total. The highest BCUT2D eigenvalue weighted by atomic mass is 16.4. The van der Waals surface area contributed by atoms with Crippen LogP contribution < -0.4 is 0 Å². The summed E-state index contributed by atoms with van der Waals surface area (Å²) in [6, 6.07) is 0. The van der Waals surface area contributed by atoms with E-state index >= 15 is 0 Å². The summed E-state index contributed by atoms with van der Waals surface area (Å²) in [4.78, 5) is 23.3. The van der Waals surface area contributed by atoms with E-state index in [4.69, 9.17) is 5.11 Å². The van der Waals surface area contributed by atoms with Crippen LogP contribution in [-0.2, 0) is 9.59 Å². The first-order valence-corrected chi connectivity index (χ1v) is 9.06. The molecule has 0 saturated heterocycles. The third kappa shape index (κ3) is 11.4. The van der Waals surface area contributed by atoms with Crippen molar-refractivity contribution in [3.05, 3.63) is 12.2 Å². The largest absolute Gasteiger partial charge is 0.481 e. The molecule has 0 spiro atoms. The minimum Gasteiger partial charge on any atom is -0.481 e. The number of ketones is 1. The van der Waals surface area contributed by atoms with Gasteiger partial charge in [-0.1, -0.05) is 51.5 Å². The summed E-state index contributed by atoms with van der Waals surface area (Å²) in [6.45, 7) is 2.27. The van der Waals surface area contributed by atoms with Crippen LogP contribution in [0, 0.1) is 0 Å². The molecule has 0 rings (SSSR count).